The Morgan fingerprint density at radius 2 is 2.11 bits per heavy atom. The molecule has 0 aliphatic rings. The lowest BCUT2D eigenvalue weighted by Crippen LogP contribution is -2.21. The highest BCUT2D eigenvalue weighted by molar-refractivity contribution is 7.09. The number of aromatic nitrogens is 3. The van der Waals surface area contributed by atoms with E-state index in [1.54, 1.807) is 11.3 Å². The van der Waals surface area contributed by atoms with E-state index in [1.807, 2.05) is 31.1 Å². The lowest BCUT2D eigenvalue weighted by Gasteiger charge is -2.20. The molecule has 0 atom stereocenters. The number of hydrogen-bond donors (Lipinski definition) is 1. The van der Waals surface area contributed by atoms with E-state index < -0.39 is 0 Å². The van der Waals surface area contributed by atoms with Crippen LogP contribution in [0.4, 0.5) is 5.82 Å². The Hall–Kier alpha value is -1.40. The lowest BCUT2D eigenvalue weighted by atomic mass is 10.2. The van der Waals surface area contributed by atoms with Gasteiger partial charge in [-0.1, -0.05) is 0 Å². The van der Waals surface area contributed by atoms with Gasteiger partial charge < -0.3 is 10.6 Å². The van der Waals surface area contributed by atoms with Gasteiger partial charge in [-0.2, -0.15) is 5.10 Å². The monoisotopic (exact) mass is 265 g/mol. The Morgan fingerprint density at radius 1 is 1.39 bits per heavy atom. The van der Waals surface area contributed by atoms with Gasteiger partial charge in [-0.3, -0.25) is 4.68 Å². The van der Waals surface area contributed by atoms with Gasteiger partial charge in [0, 0.05) is 31.1 Å². The third kappa shape index (κ3) is 2.26. The van der Waals surface area contributed by atoms with Crippen LogP contribution in [-0.2, 0) is 20.1 Å². The van der Waals surface area contributed by atoms with Gasteiger partial charge in [-0.05, 0) is 13.8 Å². The van der Waals surface area contributed by atoms with Crippen LogP contribution in [0.15, 0.2) is 5.51 Å². The van der Waals surface area contributed by atoms with Crippen molar-refractivity contribution in [3.05, 3.63) is 27.3 Å². The number of rotatable bonds is 4. The second-order valence-corrected chi connectivity index (χ2v) is 5.37. The smallest absolute Gasteiger partial charge is 0.131 e. The van der Waals surface area contributed by atoms with Crippen molar-refractivity contribution in [1.29, 1.82) is 0 Å². The Morgan fingerprint density at radius 3 is 2.67 bits per heavy atom. The minimum absolute atomic E-state index is 0.515. The molecule has 0 aliphatic carbocycles. The molecule has 2 heterocycles. The minimum atomic E-state index is 0.515. The number of aryl methyl sites for hydroxylation is 3. The maximum atomic E-state index is 5.82. The second kappa shape index (κ2) is 5.07. The highest BCUT2D eigenvalue weighted by atomic mass is 32.1. The molecule has 0 saturated heterocycles. The quantitative estimate of drug-likeness (QED) is 0.912. The van der Waals surface area contributed by atoms with Gasteiger partial charge in [0.25, 0.3) is 0 Å². The standard InChI is InChI=1S/C12H19N5S/c1-8-10(5-13)12(17(4)15-8)16(3)6-11-9(2)14-7-18-11/h7H,5-6,13H2,1-4H3. The Bertz CT molecular complexity index is 543. The van der Waals surface area contributed by atoms with Crippen LogP contribution in [0.2, 0.25) is 0 Å². The van der Waals surface area contributed by atoms with Gasteiger partial charge >= 0.3 is 0 Å². The summed E-state index contributed by atoms with van der Waals surface area (Å²) in [6.07, 6.45) is 0. The first-order chi connectivity index (χ1) is 8.54. The lowest BCUT2D eigenvalue weighted by molar-refractivity contribution is 0.726. The maximum Gasteiger partial charge on any atom is 0.131 e. The van der Waals surface area contributed by atoms with Crippen molar-refractivity contribution >= 4 is 17.2 Å². The normalized spacial score (nSPS) is 10.9. The highest BCUT2D eigenvalue weighted by Crippen LogP contribution is 2.24. The zero-order valence-electron chi connectivity index (χ0n) is 11.3. The second-order valence-electron chi connectivity index (χ2n) is 4.43. The summed E-state index contributed by atoms with van der Waals surface area (Å²) in [5.74, 6) is 1.09. The molecule has 18 heavy (non-hydrogen) atoms. The molecular formula is C12H19N5S. The van der Waals surface area contributed by atoms with Crippen LogP contribution in [0.25, 0.3) is 0 Å². The number of nitrogens with zero attached hydrogens (tertiary/aromatic N) is 4. The summed E-state index contributed by atoms with van der Waals surface area (Å²) in [6, 6.07) is 0. The van der Waals surface area contributed by atoms with E-state index in [4.69, 9.17) is 5.73 Å². The molecule has 5 nitrogen and oxygen atoms in total. The van der Waals surface area contributed by atoms with Crippen LogP contribution in [0, 0.1) is 13.8 Å². The molecule has 2 rings (SSSR count). The van der Waals surface area contributed by atoms with E-state index in [1.165, 1.54) is 4.88 Å². The van der Waals surface area contributed by atoms with E-state index in [-0.39, 0.29) is 0 Å². The average Bonchev–Trinajstić information content (AvgIpc) is 2.82. The van der Waals surface area contributed by atoms with Crippen LogP contribution < -0.4 is 10.6 Å². The van der Waals surface area contributed by atoms with Crippen LogP contribution in [-0.4, -0.2) is 21.8 Å². The molecule has 0 bridgehead atoms. The molecule has 6 heteroatoms. The number of thiazole rings is 1. The van der Waals surface area contributed by atoms with E-state index in [0.717, 1.165) is 29.3 Å². The fourth-order valence-electron chi connectivity index (χ4n) is 2.17. The maximum absolute atomic E-state index is 5.82. The third-order valence-corrected chi connectivity index (χ3v) is 4.02. The number of anilines is 1. The molecule has 0 aromatic carbocycles. The first-order valence-electron chi connectivity index (χ1n) is 5.87. The summed E-state index contributed by atoms with van der Waals surface area (Å²) in [5, 5.41) is 4.44. The number of hydrogen-bond acceptors (Lipinski definition) is 5. The largest absolute Gasteiger partial charge is 0.354 e. The fourth-order valence-corrected chi connectivity index (χ4v) is 3.00. The Labute approximate surface area is 111 Å². The molecule has 2 N–H and O–H groups in total. The first kappa shape index (κ1) is 13.0. The van der Waals surface area contributed by atoms with Gasteiger partial charge in [0.2, 0.25) is 0 Å². The summed E-state index contributed by atoms with van der Waals surface area (Å²) < 4.78 is 1.90. The highest BCUT2D eigenvalue weighted by Gasteiger charge is 2.16. The van der Waals surface area contributed by atoms with Gasteiger partial charge in [0.05, 0.1) is 23.4 Å². The van der Waals surface area contributed by atoms with E-state index in [0.29, 0.717) is 6.54 Å². The molecule has 0 amide bonds. The Kier molecular flexibility index (Phi) is 3.68. The van der Waals surface area contributed by atoms with Crippen molar-refractivity contribution in [2.45, 2.75) is 26.9 Å². The molecule has 0 aliphatic heterocycles. The van der Waals surface area contributed by atoms with E-state index in [9.17, 15) is 0 Å². The Balaban J connectivity index is 2.29. The van der Waals surface area contributed by atoms with Crippen molar-refractivity contribution in [2.24, 2.45) is 12.8 Å². The summed E-state index contributed by atoms with van der Waals surface area (Å²) in [5.41, 5.74) is 10.9. The van der Waals surface area contributed by atoms with Gasteiger partial charge in [0.1, 0.15) is 5.82 Å². The van der Waals surface area contributed by atoms with Crippen molar-refractivity contribution in [3.63, 3.8) is 0 Å². The van der Waals surface area contributed by atoms with Crippen molar-refractivity contribution in [3.8, 4) is 0 Å². The molecule has 0 radical (unpaired) electrons. The zero-order valence-corrected chi connectivity index (χ0v) is 12.1. The van der Waals surface area contributed by atoms with Gasteiger partial charge in [-0.25, -0.2) is 4.98 Å². The van der Waals surface area contributed by atoms with Crippen LogP contribution in [0.1, 0.15) is 21.8 Å². The predicted molar refractivity (Wildman–Crippen MR) is 74.8 cm³/mol. The number of nitrogens with two attached hydrogens (primary N) is 1. The SMILES string of the molecule is Cc1ncsc1CN(C)c1c(CN)c(C)nn1C. The molecule has 0 spiro atoms. The molecule has 0 unspecified atom stereocenters. The fraction of sp³-hybridized carbons (Fsp3) is 0.500. The van der Waals surface area contributed by atoms with Crippen molar-refractivity contribution < 1.29 is 0 Å². The van der Waals surface area contributed by atoms with Crippen LogP contribution in [0.5, 0.6) is 0 Å². The van der Waals surface area contributed by atoms with Crippen LogP contribution >= 0.6 is 11.3 Å². The topological polar surface area (TPSA) is 60.0 Å². The summed E-state index contributed by atoms with van der Waals surface area (Å²) in [7, 11) is 4.02. The molecule has 2 aromatic rings. The van der Waals surface area contributed by atoms with E-state index >= 15 is 0 Å². The summed E-state index contributed by atoms with van der Waals surface area (Å²) in [4.78, 5) is 7.74. The van der Waals surface area contributed by atoms with Crippen molar-refractivity contribution in [1.82, 2.24) is 14.8 Å². The summed E-state index contributed by atoms with van der Waals surface area (Å²) >= 11 is 1.68. The first-order valence-corrected chi connectivity index (χ1v) is 6.75. The molecule has 2 aromatic heterocycles. The van der Waals surface area contributed by atoms with Gasteiger partial charge in [0.15, 0.2) is 0 Å². The van der Waals surface area contributed by atoms with Gasteiger partial charge in [-0.15, -0.1) is 11.3 Å². The van der Waals surface area contributed by atoms with Crippen LogP contribution in [0.3, 0.4) is 0 Å². The van der Waals surface area contributed by atoms with Crippen molar-refractivity contribution in [2.75, 3.05) is 11.9 Å². The third-order valence-electron chi connectivity index (χ3n) is 3.10. The molecule has 98 valence electrons. The molecular weight excluding hydrogens is 246 g/mol. The molecule has 0 saturated carbocycles. The minimum Gasteiger partial charge on any atom is -0.354 e. The zero-order chi connectivity index (χ0) is 13.3. The molecule has 0 fully saturated rings. The average molecular weight is 265 g/mol. The van der Waals surface area contributed by atoms with E-state index in [2.05, 4.69) is 22.0 Å². The summed E-state index contributed by atoms with van der Waals surface area (Å²) in [6.45, 7) is 5.39. The predicted octanol–water partition coefficient (Wildman–Crippen LogP) is 1.59.